The number of nitrogens with zero attached hydrogens (tertiary/aromatic N) is 1. The number of carbonyl (C=O) groups excluding carboxylic acids is 1. The molecular weight excluding hydrogens is 294 g/mol. The van der Waals surface area contributed by atoms with Crippen LogP contribution in [0.3, 0.4) is 0 Å². The van der Waals surface area contributed by atoms with Gasteiger partial charge in [-0.15, -0.1) is 0 Å². The van der Waals surface area contributed by atoms with Crippen molar-refractivity contribution in [2.24, 2.45) is 5.92 Å². The van der Waals surface area contributed by atoms with Crippen molar-refractivity contribution in [3.63, 3.8) is 0 Å². The Hall–Kier alpha value is -1.80. The van der Waals surface area contributed by atoms with Crippen LogP contribution < -0.4 is 4.90 Å². The third kappa shape index (κ3) is 2.89. The second-order valence-corrected chi connectivity index (χ2v) is 6.62. The van der Waals surface area contributed by atoms with E-state index >= 15 is 0 Å². The molecule has 1 fully saturated rings. The van der Waals surface area contributed by atoms with Gasteiger partial charge in [0.1, 0.15) is 0 Å². The van der Waals surface area contributed by atoms with E-state index in [9.17, 15) is 4.79 Å². The number of halogens is 1. The molecule has 2 atom stereocenters. The van der Waals surface area contributed by atoms with E-state index in [0.717, 1.165) is 22.7 Å². The highest BCUT2D eigenvalue weighted by Gasteiger charge is 2.46. The van der Waals surface area contributed by atoms with Gasteiger partial charge >= 0.3 is 0 Å². The van der Waals surface area contributed by atoms with Crippen molar-refractivity contribution < 1.29 is 4.79 Å². The van der Waals surface area contributed by atoms with Crippen LogP contribution in [-0.4, -0.2) is 13.0 Å². The molecular formula is C19H20ClNO. The monoisotopic (exact) mass is 313 g/mol. The molecule has 0 aliphatic heterocycles. The number of carbonyl (C=O) groups is 1. The van der Waals surface area contributed by atoms with Crippen molar-refractivity contribution in [1.82, 2.24) is 0 Å². The summed E-state index contributed by atoms with van der Waals surface area (Å²) in [6.07, 6.45) is 0.887. The average molecular weight is 314 g/mol. The van der Waals surface area contributed by atoms with Gasteiger partial charge in [-0.25, -0.2) is 0 Å². The fraction of sp³-hybridized carbons (Fsp3) is 0.316. The van der Waals surface area contributed by atoms with Gasteiger partial charge in [0.05, 0.1) is 0 Å². The number of amides is 1. The molecule has 0 bridgehead atoms. The number of benzene rings is 2. The van der Waals surface area contributed by atoms with Crippen molar-refractivity contribution in [2.45, 2.75) is 26.2 Å². The van der Waals surface area contributed by atoms with Crippen LogP contribution in [0.4, 0.5) is 5.69 Å². The van der Waals surface area contributed by atoms with Gasteiger partial charge in [0, 0.05) is 23.7 Å². The van der Waals surface area contributed by atoms with Crippen molar-refractivity contribution in [3.8, 4) is 0 Å². The molecule has 22 heavy (non-hydrogen) atoms. The third-order valence-electron chi connectivity index (χ3n) is 4.34. The van der Waals surface area contributed by atoms with Gasteiger partial charge < -0.3 is 4.90 Å². The van der Waals surface area contributed by atoms with Crippen molar-refractivity contribution in [2.75, 3.05) is 11.9 Å². The van der Waals surface area contributed by atoms with E-state index < -0.39 is 0 Å². The smallest absolute Gasteiger partial charge is 0.230 e. The molecule has 1 amide bonds. The molecule has 0 spiro atoms. The molecule has 0 heterocycles. The fourth-order valence-corrected chi connectivity index (χ4v) is 3.38. The Morgan fingerprint density at radius 3 is 2.41 bits per heavy atom. The molecule has 3 rings (SSSR count). The number of aryl methyl sites for hydroxylation is 2. The summed E-state index contributed by atoms with van der Waals surface area (Å²) < 4.78 is 0. The Kier molecular flexibility index (Phi) is 3.96. The quantitative estimate of drug-likeness (QED) is 0.802. The van der Waals surface area contributed by atoms with Crippen molar-refractivity contribution in [1.29, 1.82) is 0 Å². The third-order valence-corrected chi connectivity index (χ3v) is 4.68. The van der Waals surface area contributed by atoms with Crippen LogP contribution in [0.25, 0.3) is 0 Å². The molecule has 2 nitrogen and oxygen atoms in total. The van der Waals surface area contributed by atoms with Crippen LogP contribution in [0.2, 0.25) is 5.02 Å². The topological polar surface area (TPSA) is 20.3 Å². The Balaban J connectivity index is 1.77. The minimum atomic E-state index is 0.0470. The lowest BCUT2D eigenvalue weighted by molar-refractivity contribution is -0.119. The number of anilines is 1. The lowest BCUT2D eigenvalue weighted by Crippen LogP contribution is -2.28. The van der Waals surface area contributed by atoms with Gasteiger partial charge in [0.2, 0.25) is 5.91 Å². The van der Waals surface area contributed by atoms with Crippen LogP contribution in [0.15, 0.2) is 42.5 Å². The largest absolute Gasteiger partial charge is 0.315 e. The molecule has 2 aromatic rings. The molecule has 114 valence electrons. The van der Waals surface area contributed by atoms with Crippen LogP contribution in [0.1, 0.15) is 29.0 Å². The van der Waals surface area contributed by atoms with Gasteiger partial charge in [-0.1, -0.05) is 35.9 Å². The molecule has 0 saturated heterocycles. The molecule has 3 heteroatoms. The second-order valence-electron chi connectivity index (χ2n) is 6.21. The Morgan fingerprint density at radius 1 is 1.14 bits per heavy atom. The summed E-state index contributed by atoms with van der Waals surface area (Å²) in [7, 11) is 1.86. The highest BCUT2D eigenvalue weighted by molar-refractivity contribution is 6.31. The molecule has 0 aromatic heterocycles. The van der Waals surface area contributed by atoms with E-state index in [1.807, 2.05) is 31.3 Å². The van der Waals surface area contributed by atoms with Crippen molar-refractivity contribution >= 4 is 23.2 Å². The lowest BCUT2D eigenvalue weighted by Gasteiger charge is -2.19. The Labute approximate surface area is 136 Å². The van der Waals surface area contributed by atoms with Crippen LogP contribution in [-0.2, 0) is 4.79 Å². The minimum Gasteiger partial charge on any atom is -0.315 e. The first-order valence-electron chi connectivity index (χ1n) is 7.57. The summed E-state index contributed by atoms with van der Waals surface area (Å²) >= 11 is 6.24. The van der Waals surface area contributed by atoms with Gasteiger partial charge in [-0.05, 0) is 61.1 Å². The van der Waals surface area contributed by atoms with Crippen molar-refractivity contribution in [3.05, 3.63) is 64.2 Å². The fourth-order valence-electron chi connectivity index (χ4n) is 3.11. The maximum atomic E-state index is 12.7. The predicted molar refractivity (Wildman–Crippen MR) is 91.6 cm³/mol. The van der Waals surface area contributed by atoms with E-state index in [0.29, 0.717) is 0 Å². The van der Waals surface area contributed by atoms with Gasteiger partial charge in [0.15, 0.2) is 0 Å². The van der Waals surface area contributed by atoms with Gasteiger partial charge in [0.25, 0.3) is 0 Å². The molecule has 1 saturated carbocycles. The maximum absolute atomic E-state index is 12.7. The number of rotatable bonds is 3. The second kappa shape index (κ2) is 5.77. The molecule has 1 aliphatic carbocycles. The Bertz CT molecular complexity index is 705. The highest BCUT2D eigenvalue weighted by Crippen LogP contribution is 2.50. The van der Waals surface area contributed by atoms with E-state index in [2.05, 4.69) is 32.0 Å². The summed E-state index contributed by atoms with van der Waals surface area (Å²) in [6.45, 7) is 4.11. The van der Waals surface area contributed by atoms with Gasteiger partial charge in [-0.3, -0.25) is 4.79 Å². The zero-order valence-corrected chi connectivity index (χ0v) is 13.9. The molecule has 2 unspecified atom stereocenters. The lowest BCUT2D eigenvalue weighted by atomic mass is 10.1. The SMILES string of the molecule is Cc1cc(C)cc(N(C)C(=O)C2CC2c2ccccc2Cl)c1. The average Bonchev–Trinajstić information content (AvgIpc) is 3.25. The zero-order chi connectivity index (χ0) is 15.9. The molecule has 0 N–H and O–H groups in total. The summed E-state index contributed by atoms with van der Waals surface area (Å²) in [4.78, 5) is 14.5. The first-order valence-corrected chi connectivity index (χ1v) is 7.95. The zero-order valence-electron chi connectivity index (χ0n) is 13.1. The molecule has 2 aromatic carbocycles. The summed E-state index contributed by atoms with van der Waals surface area (Å²) in [5, 5.41) is 0.761. The predicted octanol–water partition coefficient (Wildman–Crippen LogP) is 4.72. The van der Waals surface area contributed by atoms with Crippen LogP contribution >= 0.6 is 11.6 Å². The first kappa shape index (κ1) is 15.1. The van der Waals surface area contributed by atoms with Gasteiger partial charge in [-0.2, -0.15) is 0 Å². The Morgan fingerprint density at radius 2 is 1.77 bits per heavy atom. The van der Waals surface area contributed by atoms with E-state index in [4.69, 9.17) is 11.6 Å². The number of hydrogen-bond donors (Lipinski definition) is 0. The van der Waals surface area contributed by atoms with Crippen LogP contribution in [0.5, 0.6) is 0 Å². The highest BCUT2D eigenvalue weighted by atomic mass is 35.5. The molecule has 1 aliphatic rings. The maximum Gasteiger partial charge on any atom is 0.230 e. The van der Waals surface area contributed by atoms with Crippen LogP contribution in [0, 0.1) is 19.8 Å². The first-order chi connectivity index (χ1) is 10.5. The number of hydrogen-bond acceptors (Lipinski definition) is 1. The van der Waals surface area contributed by atoms with E-state index in [1.165, 1.54) is 11.1 Å². The summed E-state index contributed by atoms with van der Waals surface area (Å²) in [5.74, 6) is 0.482. The summed E-state index contributed by atoms with van der Waals surface area (Å²) in [5.41, 5.74) is 4.41. The summed E-state index contributed by atoms with van der Waals surface area (Å²) in [6, 6.07) is 14.0. The molecule has 0 radical (unpaired) electrons. The van der Waals surface area contributed by atoms with E-state index in [-0.39, 0.29) is 17.7 Å². The normalized spacial score (nSPS) is 19.8. The van der Waals surface area contributed by atoms with E-state index in [1.54, 1.807) is 4.90 Å². The minimum absolute atomic E-state index is 0.0470. The standard InChI is InChI=1S/C19H20ClNO/c1-12-8-13(2)10-14(9-12)21(3)19(22)17-11-16(17)15-6-4-5-7-18(15)20/h4-10,16-17H,11H2,1-3H3.